The standard InChI is InChI=1S/C16H23BrFN/c1-12(2)10-19-11-16(6-3-7-16)9-13-4-5-15(18)14(17)8-13/h4-5,8,12,19H,3,6-7,9-11H2,1-2H3. The van der Waals surface area contributed by atoms with Gasteiger partial charge in [0.25, 0.3) is 0 Å². The summed E-state index contributed by atoms with van der Waals surface area (Å²) in [5.41, 5.74) is 1.63. The SMILES string of the molecule is CC(C)CNCC1(Cc2ccc(F)c(Br)c2)CCC1. The molecule has 1 fully saturated rings. The average molecular weight is 328 g/mol. The fourth-order valence-corrected chi connectivity index (χ4v) is 3.23. The van der Waals surface area contributed by atoms with Gasteiger partial charge in [0.1, 0.15) is 5.82 Å². The van der Waals surface area contributed by atoms with Crippen molar-refractivity contribution in [2.45, 2.75) is 39.5 Å². The van der Waals surface area contributed by atoms with E-state index in [1.807, 2.05) is 12.1 Å². The van der Waals surface area contributed by atoms with Gasteiger partial charge < -0.3 is 5.32 Å². The first kappa shape index (κ1) is 15.0. The summed E-state index contributed by atoms with van der Waals surface area (Å²) in [5, 5.41) is 3.59. The van der Waals surface area contributed by atoms with E-state index in [1.165, 1.54) is 24.8 Å². The summed E-state index contributed by atoms with van der Waals surface area (Å²) >= 11 is 3.27. The maximum Gasteiger partial charge on any atom is 0.137 e. The summed E-state index contributed by atoms with van der Waals surface area (Å²) < 4.78 is 13.8. The van der Waals surface area contributed by atoms with E-state index in [-0.39, 0.29) is 5.82 Å². The Balaban J connectivity index is 1.95. The maximum atomic E-state index is 13.3. The molecule has 2 rings (SSSR count). The van der Waals surface area contributed by atoms with Crippen molar-refractivity contribution in [1.29, 1.82) is 0 Å². The van der Waals surface area contributed by atoms with Gasteiger partial charge in [0.2, 0.25) is 0 Å². The lowest BCUT2D eigenvalue weighted by Gasteiger charge is -2.42. The van der Waals surface area contributed by atoms with E-state index in [9.17, 15) is 4.39 Å². The van der Waals surface area contributed by atoms with Crippen LogP contribution in [0.2, 0.25) is 0 Å². The second-order valence-electron chi connectivity index (χ2n) is 6.30. The van der Waals surface area contributed by atoms with Crippen molar-refractivity contribution in [1.82, 2.24) is 5.32 Å². The van der Waals surface area contributed by atoms with Gasteiger partial charge >= 0.3 is 0 Å². The van der Waals surface area contributed by atoms with Crippen LogP contribution in [0.4, 0.5) is 4.39 Å². The lowest BCUT2D eigenvalue weighted by molar-refractivity contribution is 0.129. The summed E-state index contributed by atoms with van der Waals surface area (Å²) in [6, 6.07) is 5.41. The molecule has 0 bridgehead atoms. The zero-order valence-electron chi connectivity index (χ0n) is 11.8. The topological polar surface area (TPSA) is 12.0 Å². The molecule has 1 nitrogen and oxygen atoms in total. The number of hydrogen-bond donors (Lipinski definition) is 1. The molecule has 0 aromatic heterocycles. The van der Waals surface area contributed by atoms with Crippen LogP contribution in [0, 0.1) is 17.2 Å². The summed E-state index contributed by atoms with van der Waals surface area (Å²) in [5.74, 6) is 0.515. The third kappa shape index (κ3) is 4.03. The van der Waals surface area contributed by atoms with E-state index in [0.29, 0.717) is 15.8 Å². The molecule has 0 atom stereocenters. The Labute approximate surface area is 124 Å². The molecule has 1 aliphatic rings. The van der Waals surface area contributed by atoms with E-state index in [0.717, 1.165) is 19.5 Å². The fourth-order valence-electron chi connectivity index (χ4n) is 2.80. The van der Waals surface area contributed by atoms with Gasteiger partial charge in [-0.25, -0.2) is 4.39 Å². The van der Waals surface area contributed by atoms with Crippen LogP contribution in [-0.2, 0) is 6.42 Å². The number of hydrogen-bond acceptors (Lipinski definition) is 1. The Hall–Kier alpha value is -0.410. The van der Waals surface area contributed by atoms with Gasteiger partial charge in [0.15, 0.2) is 0 Å². The summed E-state index contributed by atoms with van der Waals surface area (Å²) in [4.78, 5) is 0. The van der Waals surface area contributed by atoms with Crippen LogP contribution >= 0.6 is 15.9 Å². The zero-order valence-corrected chi connectivity index (χ0v) is 13.4. The minimum absolute atomic E-state index is 0.177. The molecule has 0 saturated heterocycles. The first-order valence-electron chi connectivity index (χ1n) is 7.15. The maximum absolute atomic E-state index is 13.3. The molecule has 3 heteroatoms. The second-order valence-corrected chi connectivity index (χ2v) is 7.16. The van der Waals surface area contributed by atoms with Crippen LogP contribution in [0.3, 0.4) is 0 Å². The molecule has 1 N–H and O–H groups in total. The van der Waals surface area contributed by atoms with Crippen LogP contribution in [0.1, 0.15) is 38.7 Å². The third-order valence-corrected chi connectivity index (χ3v) is 4.64. The van der Waals surface area contributed by atoms with E-state index < -0.39 is 0 Å². The normalized spacial score (nSPS) is 17.5. The predicted octanol–water partition coefficient (Wildman–Crippen LogP) is 4.55. The third-order valence-electron chi connectivity index (χ3n) is 4.03. The molecule has 1 aromatic rings. The molecule has 0 unspecified atom stereocenters. The zero-order chi connectivity index (χ0) is 13.9. The lowest BCUT2D eigenvalue weighted by atomic mass is 9.65. The smallest absolute Gasteiger partial charge is 0.137 e. The molecule has 19 heavy (non-hydrogen) atoms. The molecule has 1 aliphatic carbocycles. The van der Waals surface area contributed by atoms with Gasteiger partial charge in [-0.1, -0.05) is 26.3 Å². The van der Waals surface area contributed by atoms with Crippen molar-refractivity contribution in [2.24, 2.45) is 11.3 Å². The molecule has 0 aliphatic heterocycles. The number of nitrogens with one attached hydrogen (secondary N) is 1. The largest absolute Gasteiger partial charge is 0.316 e. The first-order valence-corrected chi connectivity index (χ1v) is 7.95. The monoisotopic (exact) mass is 327 g/mol. The Morgan fingerprint density at radius 3 is 2.63 bits per heavy atom. The molecule has 1 saturated carbocycles. The Kier molecular flexibility index (Phi) is 5.02. The summed E-state index contributed by atoms with van der Waals surface area (Å²) in [7, 11) is 0. The average Bonchev–Trinajstić information content (AvgIpc) is 2.30. The number of halogens is 2. The predicted molar refractivity (Wildman–Crippen MR) is 81.8 cm³/mol. The first-order chi connectivity index (χ1) is 9.01. The van der Waals surface area contributed by atoms with Crippen LogP contribution in [0.25, 0.3) is 0 Å². The fraction of sp³-hybridized carbons (Fsp3) is 0.625. The summed E-state index contributed by atoms with van der Waals surface area (Å²) in [6.07, 6.45) is 4.95. The number of benzene rings is 1. The van der Waals surface area contributed by atoms with Crippen LogP contribution in [0.5, 0.6) is 0 Å². The minimum Gasteiger partial charge on any atom is -0.316 e. The van der Waals surface area contributed by atoms with Crippen molar-refractivity contribution in [3.8, 4) is 0 Å². The molecule has 0 radical (unpaired) electrons. The lowest BCUT2D eigenvalue weighted by Crippen LogP contribution is -2.42. The van der Waals surface area contributed by atoms with Gasteiger partial charge in [-0.3, -0.25) is 0 Å². The van der Waals surface area contributed by atoms with E-state index in [2.05, 4.69) is 35.1 Å². The molecule has 0 spiro atoms. The highest BCUT2D eigenvalue weighted by molar-refractivity contribution is 9.10. The summed E-state index contributed by atoms with van der Waals surface area (Å²) in [6.45, 7) is 6.63. The quantitative estimate of drug-likeness (QED) is 0.808. The van der Waals surface area contributed by atoms with Crippen molar-refractivity contribution < 1.29 is 4.39 Å². The van der Waals surface area contributed by atoms with E-state index in [1.54, 1.807) is 6.07 Å². The van der Waals surface area contributed by atoms with Crippen molar-refractivity contribution in [3.05, 3.63) is 34.1 Å². The highest BCUT2D eigenvalue weighted by Crippen LogP contribution is 2.43. The van der Waals surface area contributed by atoms with Crippen LogP contribution in [-0.4, -0.2) is 13.1 Å². The van der Waals surface area contributed by atoms with Gasteiger partial charge in [-0.05, 0) is 70.8 Å². The van der Waals surface area contributed by atoms with Gasteiger partial charge in [-0.15, -0.1) is 0 Å². The van der Waals surface area contributed by atoms with E-state index in [4.69, 9.17) is 0 Å². The van der Waals surface area contributed by atoms with Crippen molar-refractivity contribution >= 4 is 15.9 Å². The highest BCUT2D eigenvalue weighted by atomic mass is 79.9. The van der Waals surface area contributed by atoms with Crippen molar-refractivity contribution in [2.75, 3.05) is 13.1 Å². The van der Waals surface area contributed by atoms with Gasteiger partial charge in [0, 0.05) is 6.54 Å². The highest BCUT2D eigenvalue weighted by Gasteiger charge is 2.36. The molecular weight excluding hydrogens is 305 g/mol. The van der Waals surface area contributed by atoms with Crippen LogP contribution in [0.15, 0.2) is 22.7 Å². The van der Waals surface area contributed by atoms with Crippen molar-refractivity contribution in [3.63, 3.8) is 0 Å². The molecule has 106 valence electrons. The van der Waals surface area contributed by atoms with E-state index >= 15 is 0 Å². The van der Waals surface area contributed by atoms with Gasteiger partial charge in [0.05, 0.1) is 4.47 Å². The second kappa shape index (κ2) is 6.36. The number of rotatable bonds is 6. The molecule has 1 aromatic carbocycles. The molecule has 0 amide bonds. The molecule has 0 heterocycles. The van der Waals surface area contributed by atoms with Crippen LogP contribution < -0.4 is 5.32 Å². The molecular formula is C16H23BrFN. The Morgan fingerprint density at radius 2 is 2.11 bits per heavy atom. The Morgan fingerprint density at radius 1 is 1.37 bits per heavy atom. The minimum atomic E-state index is -0.177. The Bertz CT molecular complexity index is 427. The van der Waals surface area contributed by atoms with Gasteiger partial charge in [-0.2, -0.15) is 0 Å².